The summed E-state index contributed by atoms with van der Waals surface area (Å²) in [5.74, 6) is 1.62. The Bertz CT molecular complexity index is 184. The van der Waals surface area contributed by atoms with Gasteiger partial charge in [0.15, 0.2) is 0 Å². The molecule has 1 heterocycles. The minimum atomic E-state index is -0.281. The van der Waals surface area contributed by atoms with E-state index < -0.39 is 0 Å². The molecule has 0 aromatic carbocycles. The lowest BCUT2D eigenvalue weighted by molar-refractivity contribution is 0.192. The van der Waals surface area contributed by atoms with Crippen molar-refractivity contribution in [1.29, 1.82) is 0 Å². The van der Waals surface area contributed by atoms with Crippen LogP contribution in [0.3, 0.4) is 0 Å². The Morgan fingerprint density at radius 2 is 2.55 bits per heavy atom. The van der Waals surface area contributed by atoms with Crippen molar-refractivity contribution < 1.29 is 9.52 Å². The van der Waals surface area contributed by atoms with E-state index >= 15 is 0 Å². The quantitative estimate of drug-likeness (QED) is 0.748. The van der Waals surface area contributed by atoms with E-state index in [1.165, 1.54) is 0 Å². The Kier molecular flexibility index (Phi) is 3.52. The topological polar surface area (TPSA) is 33.4 Å². The molecule has 1 rings (SSSR count). The first kappa shape index (κ1) is 8.68. The van der Waals surface area contributed by atoms with Crippen molar-refractivity contribution in [2.75, 3.05) is 12.0 Å². The molecule has 0 aliphatic rings. The summed E-state index contributed by atoms with van der Waals surface area (Å²) in [6, 6.07) is 3.71. The minimum Gasteiger partial charge on any atom is -0.469 e. The largest absolute Gasteiger partial charge is 0.469 e. The average Bonchev–Trinajstić information content (AvgIpc) is 2.40. The molecular weight excluding hydrogens is 160 g/mol. The molecule has 0 saturated heterocycles. The van der Waals surface area contributed by atoms with E-state index in [9.17, 15) is 5.11 Å². The number of aliphatic hydroxyl groups is 1. The number of hydrogen-bond donors (Lipinski definition) is 1. The average molecular weight is 172 g/mol. The molecule has 11 heavy (non-hydrogen) atoms. The highest BCUT2D eigenvalue weighted by Crippen LogP contribution is 2.06. The zero-order chi connectivity index (χ0) is 8.10. The van der Waals surface area contributed by atoms with Gasteiger partial charge in [0.05, 0.1) is 12.4 Å². The first-order chi connectivity index (χ1) is 5.33. The van der Waals surface area contributed by atoms with Crippen molar-refractivity contribution in [3.05, 3.63) is 24.2 Å². The van der Waals surface area contributed by atoms with Crippen LogP contribution in [-0.4, -0.2) is 23.2 Å². The van der Waals surface area contributed by atoms with Crippen molar-refractivity contribution in [1.82, 2.24) is 0 Å². The number of aliphatic hydroxyl groups excluding tert-OH is 1. The fourth-order valence-electron chi connectivity index (χ4n) is 0.912. The summed E-state index contributed by atoms with van der Waals surface area (Å²) < 4.78 is 5.08. The molecule has 1 atom stereocenters. The molecular formula is C8H12O2S. The van der Waals surface area contributed by atoms with Crippen molar-refractivity contribution in [2.45, 2.75) is 12.5 Å². The summed E-state index contributed by atoms with van der Waals surface area (Å²) >= 11 is 1.64. The predicted molar refractivity (Wildman–Crippen MR) is 46.8 cm³/mol. The lowest BCUT2D eigenvalue weighted by Gasteiger charge is -2.05. The normalized spacial score (nSPS) is 13.3. The van der Waals surface area contributed by atoms with Crippen molar-refractivity contribution in [2.24, 2.45) is 0 Å². The van der Waals surface area contributed by atoms with Gasteiger partial charge in [0, 0.05) is 12.2 Å². The van der Waals surface area contributed by atoms with Gasteiger partial charge in [0.2, 0.25) is 0 Å². The van der Waals surface area contributed by atoms with Gasteiger partial charge in [-0.25, -0.2) is 0 Å². The van der Waals surface area contributed by atoms with E-state index in [1.54, 1.807) is 18.0 Å². The van der Waals surface area contributed by atoms with E-state index in [1.807, 2.05) is 18.4 Å². The standard InChI is InChI=1S/C8H12O2S/c1-11-6-7(9)5-8-3-2-4-10-8/h2-4,7,9H,5-6H2,1H3. The highest BCUT2D eigenvalue weighted by molar-refractivity contribution is 7.98. The van der Waals surface area contributed by atoms with Crippen molar-refractivity contribution >= 4 is 11.8 Å². The van der Waals surface area contributed by atoms with Crippen LogP contribution in [-0.2, 0) is 6.42 Å². The summed E-state index contributed by atoms with van der Waals surface area (Å²) in [4.78, 5) is 0. The zero-order valence-electron chi connectivity index (χ0n) is 6.49. The van der Waals surface area contributed by atoms with Crippen LogP contribution in [0.5, 0.6) is 0 Å². The Hall–Kier alpha value is -0.410. The van der Waals surface area contributed by atoms with Gasteiger partial charge in [-0.15, -0.1) is 0 Å². The monoisotopic (exact) mass is 172 g/mol. The number of rotatable bonds is 4. The molecule has 0 fully saturated rings. The van der Waals surface area contributed by atoms with E-state index in [0.29, 0.717) is 6.42 Å². The van der Waals surface area contributed by atoms with Crippen molar-refractivity contribution in [3.8, 4) is 0 Å². The summed E-state index contributed by atoms with van der Waals surface area (Å²) in [7, 11) is 0. The molecule has 3 heteroatoms. The number of thioether (sulfide) groups is 1. The fraction of sp³-hybridized carbons (Fsp3) is 0.500. The van der Waals surface area contributed by atoms with E-state index in [4.69, 9.17) is 4.42 Å². The maximum Gasteiger partial charge on any atom is 0.106 e. The molecule has 0 spiro atoms. The van der Waals surface area contributed by atoms with E-state index in [-0.39, 0.29) is 6.10 Å². The van der Waals surface area contributed by atoms with Gasteiger partial charge in [0.1, 0.15) is 5.76 Å². The first-order valence-electron chi connectivity index (χ1n) is 3.52. The Balaban J connectivity index is 2.31. The lowest BCUT2D eigenvalue weighted by Crippen LogP contribution is -2.12. The SMILES string of the molecule is CSCC(O)Cc1ccco1. The third-order valence-electron chi connectivity index (χ3n) is 1.38. The van der Waals surface area contributed by atoms with Gasteiger partial charge in [-0.1, -0.05) is 0 Å². The molecule has 1 aromatic heterocycles. The summed E-state index contributed by atoms with van der Waals surface area (Å²) in [5.41, 5.74) is 0. The Labute approximate surface area is 70.6 Å². The highest BCUT2D eigenvalue weighted by atomic mass is 32.2. The van der Waals surface area contributed by atoms with Crippen LogP contribution in [0.1, 0.15) is 5.76 Å². The third-order valence-corrected chi connectivity index (χ3v) is 2.09. The molecule has 0 aliphatic heterocycles. The molecule has 0 radical (unpaired) electrons. The number of hydrogen-bond acceptors (Lipinski definition) is 3. The van der Waals surface area contributed by atoms with Gasteiger partial charge in [-0.05, 0) is 18.4 Å². The second-order valence-corrected chi connectivity index (χ2v) is 3.30. The first-order valence-corrected chi connectivity index (χ1v) is 4.91. The summed E-state index contributed by atoms with van der Waals surface area (Å²) in [5, 5.41) is 9.34. The van der Waals surface area contributed by atoms with Crippen LogP contribution in [0.2, 0.25) is 0 Å². The zero-order valence-corrected chi connectivity index (χ0v) is 7.30. The summed E-state index contributed by atoms with van der Waals surface area (Å²) in [6.45, 7) is 0. The molecule has 1 unspecified atom stereocenters. The van der Waals surface area contributed by atoms with Crippen LogP contribution in [0.25, 0.3) is 0 Å². The molecule has 0 saturated carbocycles. The lowest BCUT2D eigenvalue weighted by atomic mass is 10.2. The molecule has 0 amide bonds. The maximum absolute atomic E-state index is 9.34. The minimum absolute atomic E-state index is 0.281. The summed E-state index contributed by atoms with van der Waals surface area (Å²) in [6.07, 6.45) is 3.94. The highest BCUT2D eigenvalue weighted by Gasteiger charge is 2.05. The van der Waals surface area contributed by atoms with Crippen molar-refractivity contribution in [3.63, 3.8) is 0 Å². The Morgan fingerprint density at radius 1 is 1.73 bits per heavy atom. The second kappa shape index (κ2) is 4.46. The van der Waals surface area contributed by atoms with E-state index in [0.717, 1.165) is 11.5 Å². The smallest absolute Gasteiger partial charge is 0.106 e. The fourth-order valence-corrected chi connectivity index (χ4v) is 1.41. The Morgan fingerprint density at radius 3 is 3.09 bits per heavy atom. The molecule has 1 N–H and O–H groups in total. The van der Waals surface area contributed by atoms with Crippen LogP contribution >= 0.6 is 11.8 Å². The van der Waals surface area contributed by atoms with Gasteiger partial charge in [-0.3, -0.25) is 0 Å². The van der Waals surface area contributed by atoms with E-state index in [2.05, 4.69) is 0 Å². The van der Waals surface area contributed by atoms with Crippen LogP contribution in [0.4, 0.5) is 0 Å². The van der Waals surface area contributed by atoms with Crippen LogP contribution in [0, 0.1) is 0 Å². The van der Waals surface area contributed by atoms with Gasteiger partial charge in [-0.2, -0.15) is 11.8 Å². The molecule has 0 aliphatic carbocycles. The van der Waals surface area contributed by atoms with Crippen LogP contribution in [0.15, 0.2) is 22.8 Å². The van der Waals surface area contributed by atoms with Gasteiger partial charge in [0.25, 0.3) is 0 Å². The molecule has 2 nitrogen and oxygen atoms in total. The third kappa shape index (κ3) is 2.99. The van der Waals surface area contributed by atoms with Gasteiger partial charge < -0.3 is 9.52 Å². The second-order valence-electron chi connectivity index (χ2n) is 2.39. The number of furan rings is 1. The van der Waals surface area contributed by atoms with Gasteiger partial charge >= 0.3 is 0 Å². The van der Waals surface area contributed by atoms with Crippen LogP contribution < -0.4 is 0 Å². The maximum atomic E-state index is 9.34. The molecule has 0 bridgehead atoms. The molecule has 1 aromatic rings. The molecule has 62 valence electrons. The predicted octanol–water partition coefficient (Wildman–Crippen LogP) is 1.55.